The van der Waals surface area contributed by atoms with Crippen LogP contribution in [0.25, 0.3) is 0 Å². The zero-order valence-electron chi connectivity index (χ0n) is 17.9. The molecule has 2 aliphatic rings. The number of nitrogens with zero attached hydrogens (tertiary/aromatic N) is 2. The predicted octanol–water partition coefficient (Wildman–Crippen LogP) is 3.17. The third-order valence-electron chi connectivity index (χ3n) is 6.01. The fraction of sp³-hybridized carbons (Fsp3) is 0.609. The van der Waals surface area contributed by atoms with Crippen LogP contribution in [0.2, 0.25) is 0 Å². The molecule has 1 aliphatic carbocycles. The summed E-state index contributed by atoms with van der Waals surface area (Å²) in [6.45, 7) is 4.88. The number of thioether (sulfide) groups is 1. The van der Waals surface area contributed by atoms with E-state index in [4.69, 9.17) is 0 Å². The van der Waals surface area contributed by atoms with Gasteiger partial charge in [0, 0.05) is 44.0 Å². The summed E-state index contributed by atoms with van der Waals surface area (Å²) in [4.78, 5) is 41.7. The SMILES string of the molecule is CCC(=O)N1CCN(C(=O)c2ccccc2SCC(=O)NCC2CCCCC2)CC1. The molecule has 1 aromatic rings. The predicted molar refractivity (Wildman–Crippen MR) is 120 cm³/mol. The Morgan fingerprint density at radius 2 is 1.67 bits per heavy atom. The first-order chi connectivity index (χ1) is 14.6. The van der Waals surface area contributed by atoms with E-state index in [1.807, 2.05) is 41.0 Å². The van der Waals surface area contributed by atoms with Crippen LogP contribution in [0.15, 0.2) is 29.2 Å². The molecular weight excluding hydrogens is 398 g/mol. The smallest absolute Gasteiger partial charge is 0.255 e. The molecule has 7 heteroatoms. The van der Waals surface area contributed by atoms with Gasteiger partial charge in [-0.05, 0) is 30.9 Å². The molecule has 0 unspecified atom stereocenters. The van der Waals surface area contributed by atoms with Crippen molar-refractivity contribution in [2.24, 2.45) is 5.92 Å². The van der Waals surface area contributed by atoms with Crippen molar-refractivity contribution in [3.8, 4) is 0 Å². The Kier molecular flexibility index (Phi) is 8.61. The van der Waals surface area contributed by atoms with Crippen LogP contribution in [0.1, 0.15) is 55.8 Å². The Morgan fingerprint density at radius 3 is 2.37 bits per heavy atom. The summed E-state index contributed by atoms with van der Waals surface area (Å²) < 4.78 is 0. The molecule has 0 spiro atoms. The maximum Gasteiger partial charge on any atom is 0.255 e. The number of carbonyl (C=O) groups excluding carboxylic acids is 3. The summed E-state index contributed by atoms with van der Waals surface area (Å²) in [6.07, 6.45) is 6.77. The first kappa shape index (κ1) is 22.7. The standard InChI is InChI=1S/C23H33N3O3S/c1-2-22(28)25-12-14-26(15-13-25)23(29)19-10-6-7-11-20(19)30-17-21(27)24-16-18-8-4-3-5-9-18/h6-7,10-11,18H,2-5,8-9,12-17H2,1H3,(H,24,27). The van der Waals surface area contributed by atoms with Crippen LogP contribution >= 0.6 is 11.8 Å². The quantitative estimate of drug-likeness (QED) is 0.674. The number of nitrogens with one attached hydrogen (secondary N) is 1. The summed E-state index contributed by atoms with van der Waals surface area (Å²) >= 11 is 1.42. The lowest BCUT2D eigenvalue weighted by molar-refractivity contribution is -0.132. The van der Waals surface area contributed by atoms with Crippen molar-refractivity contribution in [3.05, 3.63) is 29.8 Å². The van der Waals surface area contributed by atoms with E-state index in [1.54, 1.807) is 0 Å². The van der Waals surface area contributed by atoms with Crippen molar-refractivity contribution < 1.29 is 14.4 Å². The fourth-order valence-electron chi connectivity index (χ4n) is 4.17. The lowest BCUT2D eigenvalue weighted by Gasteiger charge is -2.35. The van der Waals surface area contributed by atoms with Gasteiger partial charge in [-0.15, -0.1) is 11.8 Å². The van der Waals surface area contributed by atoms with Gasteiger partial charge in [0.05, 0.1) is 11.3 Å². The minimum absolute atomic E-state index is 0.0238. The number of carbonyl (C=O) groups is 3. The van der Waals surface area contributed by atoms with Gasteiger partial charge in [-0.25, -0.2) is 0 Å². The summed E-state index contributed by atoms with van der Waals surface area (Å²) in [7, 11) is 0. The van der Waals surface area contributed by atoms with E-state index in [0.717, 1.165) is 11.4 Å². The molecule has 1 saturated carbocycles. The molecule has 164 valence electrons. The van der Waals surface area contributed by atoms with Crippen molar-refractivity contribution >= 4 is 29.5 Å². The van der Waals surface area contributed by atoms with E-state index < -0.39 is 0 Å². The van der Waals surface area contributed by atoms with Gasteiger partial charge in [-0.3, -0.25) is 14.4 Å². The molecule has 6 nitrogen and oxygen atoms in total. The second-order valence-electron chi connectivity index (χ2n) is 8.12. The number of amides is 3. The number of hydrogen-bond acceptors (Lipinski definition) is 4. The van der Waals surface area contributed by atoms with Gasteiger partial charge < -0.3 is 15.1 Å². The summed E-state index contributed by atoms with van der Waals surface area (Å²) in [6, 6.07) is 7.49. The summed E-state index contributed by atoms with van der Waals surface area (Å²) in [5, 5.41) is 3.06. The molecule has 0 bridgehead atoms. The maximum absolute atomic E-state index is 13.1. The van der Waals surface area contributed by atoms with Crippen molar-refractivity contribution in [2.45, 2.75) is 50.3 Å². The minimum atomic E-state index is -0.0238. The van der Waals surface area contributed by atoms with Crippen LogP contribution < -0.4 is 5.32 Å². The molecule has 2 fully saturated rings. The van der Waals surface area contributed by atoms with E-state index in [2.05, 4.69) is 5.32 Å². The molecule has 1 aliphatic heterocycles. The van der Waals surface area contributed by atoms with E-state index in [-0.39, 0.29) is 17.7 Å². The highest BCUT2D eigenvalue weighted by molar-refractivity contribution is 8.00. The molecule has 3 amide bonds. The van der Waals surface area contributed by atoms with Gasteiger partial charge >= 0.3 is 0 Å². The number of benzene rings is 1. The summed E-state index contributed by atoms with van der Waals surface area (Å²) in [5.41, 5.74) is 0.637. The van der Waals surface area contributed by atoms with Gasteiger partial charge in [0.1, 0.15) is 0 Å². The molecule has 1 saturated heterocycles. The molecular formula is C23H33N3O3S. The highest BCUT2D eigenvalue weighted by atomic mass is 32.2. The topological polar surface area (TPSA) is 69.7 Å². The second kappa shape index (κ2) is 11.4. The Hall–Kier alpha value is -2.02. The van der Waals surface area contributed by atoms with E-state index in [9.17, 15) is 14.4 Å². The van der Waals surface area contributed by atoms with E-state index >= 15 is 0 Å². The van der Waals surface area contributed by atoms with Gasteiger partial charge in [0.25, 0.3) is 5.91 Å². The van der Waals surface area contributed by atoms with E-state index in [0.29, 0.717) is 49.8 Å². The zero-order valence-corrected chi connectivity index (χ0v) is 18.7. The second-order valence-corrected chi connectivity index (χ2v) is 9.14. The van der Waals surface area contributed by atoms with Gasteiger partial charge in [-0.2, -0.15) is 0 Å². The van der Waals surface area contributed by atoms with Crippen LogP contribution in [0.3, 0.4) is 0 Å². The van der Waals surface area contributed by atoms with Crippen LogP contribution in [-0.4, -0.2) is 66.0 Å². The Labute approximate surface area is 183 Å². The molecule has 1 heterocycles. The molecule has 3 rings (SSSR count). The maximum atomic E-state index is 13.1. The Bertz CT molecular complexity index is 741. The average molecular weight is 432 g/mol. The number of rotatable bonds is 7. The van der Waals surface area contributed by atoms with Crippen LogP contribution in [-0.2, 0) is 9.59 Å². The van der Waals surface area contributed by atoms with Crippen molar-refractivity contribution in [1.29, 1.82) is 0 Å². The molecule has 0 atom stereocenters. The highest BCUT2D eigenvalue weighted by Gasteiger charge is 2.25. The monoisotopic (exact) mass is 431 g/mol. The number of piperazine rings is 1. The first-order valence-corrected chi connectivity index (χ1v) is 12.1. The lowest BCUT2D eigenvalue weighted by Crippen LogP contribution is -2.50. The van der Waals surface area contributed by atoms with E-state index in [1.165, 1.54) is 43.9 Å². The third-order valence-corrected chi connectivity index (χ3v) is 7.08. The average Bonchev–Trinajstić information content (AvgIpc) is 2.81. The Balaban J connectivity index is 1.50. The molecule has 1 aromatic carbocycles. The zero-order chi connectivity index (χ0) is 21.3. The highest BCUT2D eigenvalue weighted by Crippen LogP contribution is 2.25. The largest absolute Gasteiger partial charge is 0.355 e. The summed E-state index contributed by atoms with van der Waals surface area (Å²) in [5.74, 6) is 1.07. The fourth-order valence-corrected chi connectivity index (χ4v) is 5.04. The molecule has 30 heavy (non-hydrogen) atoms. The van der Waals surface area contributed by atoms with Crippen molar-refractivity contribution in [2.75, 3.05) is 38.5 Å². The third kappa shape index (κ3) is 6.24. The van der Waals surface area contributed by atoms with Crippen LogP contribution in [0.4, 0.5) is 0 Å². The van der Waals surface area contributed by atoms with Gasteiger partial charge in [0.15, 0.2) is 0 Å². The molecule has 0 radical (unpaired) electrons. The molecule has 1 N–H and O–H groups in total. The van der Waals surface area contributed by atoms with Gasteiger partial charge in [0.2, 0.25) is 11.8 Å². The molecule has 0 aromatic heterocycles. The van der Waals surface area contributed by atoms with Crippen LogP contribution in [0, 0.1) is 5.92 Å². The number of hydrogen-bond donors (Lipinski definition) is 1. The normalized spacial score (nSPS) is 17.6. The first-order valence-electron chi connectivity index (χ1n) is 11.1. The van der Waals surface area contributed by atoms with Crippen LogP contribution in [0.5, 0.6) is 0 Å². The van der Waals surface area contributed by atoms with Gasteiger partial charge in [-0.1, -0.05) is 38.3 Å². The minimum Gasteiger partial charge on any atom is -0.355 e. The lowest BCUT2D eigenvalue weighted by atomic mass is 9.89. The Morgan fingerprint density at radius 1 is 1.00 bits per heavy atom. The van der Waals surface area contributed by atoms with Crippen molar-refractivity contribution in [1.82, 2.24) is 15.1 Å². The van der Waals surface area contributed by atoms with Crippen molar-refractivity contribution in [3.63, 3.8) is 0 Å².